The molecular formula is C21H34FN5S2. The number of thiophene rings is 1. The molecule has 2 saturated heterocycles. The summed E-state index contributed by atoms with van der Waals surface area (Å²) in [7, 11) is 5.90. The minimum absolute atomic E-state index is 0.263. The van der Waals surface area contributed by atoms with Gasteiger partial charge in [0.25, 0.3) is 0 Å². The number of halogens is 1. The first-order valence-electron chi connectivity index (χ1n) is 10.3. The second-order valence-corrected chi connectivity index (χ2v) is 10.2. The van der Waals surface area contributed by atoms with Crippen molar-refractivity contribution in [2.24, 2.45) is 5.10 Å². The van der Waals surface area contributed by atoms with Gasteiger partial charge < -0.3 is 20.1 Å². The molecule has 2 aliphatic rings. The van der Waals surface area contributed by atoms with Crippen molar-refractivity contribution in [3.8, 4) is 0 Å². The molecule has 0 amide bonds. The Hall–Kier alpha value is -1.25. The molecule has 0 bridgehead atoms. The molecule has 3 heterocycles. The van der Waals surface area contributed by atoms with Gasteiger partial charge in [0.2, 0.25) is 0 Å². The van der Waals surface area contributed by atoms with E-state index < -0.39 is 5.54 Å². The summed E-state index contributed by atoms with van der Waals surface area (Å²) in [6.07, 6.45) is 5.20. The normalized spacial score (nSPS) is 24.1. The molecular weight excluding hydrogens is 405 g/mol. The van der Waals surface area contributed by atoms with E-state index in [4.69, 9.17) is 12.6 Å². The van der Waals surface area contributed by atoms with Crippen molar-refractivity contribution < 1.29 is 4.39 Å². The number of hydrogen-bond acceptors (Lipinski definition) is 7. The van der Waals surface area contributed by atoms with E-state index in [0.717, 1.165) is 23.0 Å². The molecule has 1 N–H and O–H groups in total. The van der Waals surface area contributed by atoms with Gasteiger partial charge in [0, 0.05) is 32.1 Å². The van der Waals surface area contributed by atoms with Crippen LogP contribution in [0.25, 0.3) is 0 Å². The number of hydrogen-bond donors (Lipinski definition) is 2. The molecule has 162 valence electrons. The molecule has 2 fully saturated rings. The highest BCUT2D eigenvalue weighted by Crippen LogP contribution is 2.48. The fraction of sp³-hybridized carbons (Fsp3) is 0.667. The average Bonchev–Trinajstić information content (AvgIpc) is 3.04. The molecule has 3 rings (SSSR count). The van der Waals surface area contributed by atoms with Crippen molar-refractivity contribution in [2.75, 3.05) is 50.6 Å². The maximum absolute atomic E-state index is 14.6. The number of anilines is 2. The van der Waals surface area contributed by atoms with Gasteiger partial charge in [0.15, 0.2) is 0 Å². The fourth-order valence-electron chi connectivity index (χ4n) is 4.52. The van der Waals surface area contributed by atoms with Crippen LogP contribution in [0.2, 0.25) is 0 Å². The third-order valence-corrected chi connectivity index (χ3v) is 8.22. The molecule has 8 heteroatoms. The fourth-order valence-corrected chi connectivity index (χ4v) is 6.32. The molecule has 0 radical (unpaired) electrons. The van der Waals surface area contributed by atoms with Gasteiger partial charge in [-0.1, -0.05) is 11.3 Å². The van der Waals surface area contributed by atoms with Crippen molar-refractivity contribution in [1.29, 1.82) is 0 Å². The van der Waals surface area contributed by atoms with E-state index >= 15 is 0 Å². The van der Waals surface area contributed by atoms with Crippen molar-refractivity contribution in [3.63, 3.8) is 0 Å². The van der Waals surface area contributed by atoms with Crippen LogP contribution in [-0.4, -0.2) is 62.5 Å². The lowest BCUT2D eigenvalue weighted by molar-refractivity contribution is 0.124. The summed E-state index contributed by atoms with van der Waals surface area (Å²) >= 11 is 6.52. The number of thiol groups is 1. The predicted octanol–water partition coefficient (Wildman–Crippen LogP) is 4.37. The molecule has 1 aromatic rings. The van der Waals surface area contributed by atoms with Crippen LogP contribution in [0.5, 0.6) is 0 Å². The smallest absolute Gasteiger partial charge is 0.144 e. The van der Waals surface area contributed by atoms with Crippen LogP contribution in [0.1, 0.15) is 40.0 Å². The highest BCUT2D eigenvalue weighted by Gasteiger charge is 2.47. The van der Waals surface area contributed by atoms with Crippen LogP contribution < -0.4 is 15.2 Å². The van der Waals surface area contributed by atoms with E-state index in [-0.39, 0.29) is 11.4 Å². The summed E-state index contributed by atoms with van der Waals surface area (Å²) in [6, 6.07) is 2.17. The summed E-state index contributed by atoms with van der Waals surface area (Å²) < 4.78 is 14.6. The third-order valence-electron chi connectivity index (χ3n) is 6.49. The minimum Gasteiger partial charge on any atom is -0.356 e. The van der Waals surface area contributed by atoms with E-state index in [9.17, 15) is 4.39 Å². The van der Waals surface area contributed by atoms with Crippen LogP contribution >= 0.6 is 24.0 Å². The van der Waals surface area contributed by atoms with Crippen LogP contribution in [0.4, 0.5) is 14.4 Å². The Morgan fingerprint density at radius 2 is 2.14 bits per heavy atom. The molecule has 0 aliphatic carbocycles. The summed E-state index contributed by atoms with van der Waals surface area (Å²) in [5.41, 5.74) is 2.74. The molecule has 5 nitrogen and oxygen atoms in total. The molecule has 1 aromatic heterocycles. The summed E-state index contributed by atoms with van der Waals surface area (Å²) in [6.45, 7) is 9.06. The van der Waals surface area contributed by atoms with Gasteiger partial charge in [-0.2, -0.15) is 5.10 Å². The van der Waals surface area contributed by atoms with Crippen LogP contribution in [-0.2, 0) is 0 Å². The number of nitrogens with zero attached hydrogens (tertiary/aromatic N) is 4. The first-order chi connectivity index (χ1) is 13.7. The highest BCUT2D eigenvalue weighted by atomic mass is 32.1. The van der Waals surface area contributed by atoms with E-state index in [0.29, 0.717) is 5.71 Å². The lowest BCUT2D eigenvalue weighted by Gasteiger charge is -2.57. The van der Waals surface area contributed by atoms with Crippen LogP contribution in [0.3, 0.4) is 0 Å². The van der Waals surface area contributed by atoms with Gasteiger partial charge in [-0.3, -0.25) is 0 Å². The van der Waals surface area contributed by atoms with E-state index in [1.54, 1.807) is 25.3 Å². The second kappa shape index (κ2) is 8.47. The van der Waals surface area contributed by atoms with Gasteiger partial charge in [-0.15, -0.1) is 12.6 Å². The lowest BCUT2D eigenvalue weighted by Crippen LogP contribution is -2.66. The van der Waals surface area contributed by atoms with Crippen molar-refractivity contribution in [3.05, 3.63) is 18.0 Å². The average molecular weight is 440 g/mol. The van der Waals surface area contributed by atoms with Gasteiger partial charge >= 0.3 is 0 Å². The quantitative estimate of drug-likeness (QED) is 0.392. The Kier molecular flexibility index (Phi) is 6.56. The zero-order chi connectivity index (χ0) is 21.4. The Labute approximate surface area is 184 Å². The molecule has 0 saturated carbocycles. The number of likely N-dealkylation sites (tertiary alicyclic amines) is 1. The predicted molar refractivity (Wildman–Crippen MR) is 127 cm³/mol. The Bertz CT molecular complexity index is 803. The van der Waals surface area contributed by atoms with E-state index in [1.807, 2.05) is 20.9 Å². The largest absolute Gasteiger partial charge is 0.356 e. The molecule has 2 aliphatic heterocycles. The summed E-state index contributed by atoms with van der Waals surface area (Å²) in [5, 5.41) is 6.53. The Morgan fingerprint density at radius 3 is 2.69 bits per heavy atom. The number of likely N-dealkylation sites (N-methyl/N-ethyl adjacent to an activating group) is 1. The zero-order valence-electron chi connectivity index (χ0n) is 18.4. The molecule has 0 aromatic carbocycles. The highest BCUT2D eigenvalue weighted by molar-refractivity contribution is 7.80. The van der Waals surface area contributed by atoms with Crippen molar-refractivity contribution in [1.82, 2.24) is 10.3 Å². The van der Waals surface area contributed by atoms with Crippen molar-refractivity contribution >= 4 is 39.7 Å². The topological polar surface area (TPSA) is 34.1 Å². The first kappa shape index (κ1) is 22.4. The maximum Gasteiger partial charge on any atom is 0.144 e. The lowest BCUT2D eigenvalue weighted by atomic mass is 9.78. The van der Waals surface area contributed by atoms with Crippen LogP contribution in [0.15, 0.2) is 28.0 Å². The molecule has 1 unspecified atom stereocenters. The number of nitrogens with one attached hydrogen (secondary N) is 1. The van der Waals surface area contributed by atoms with E-state index in [1.165, 1.54) is 36.9 Å². The molecule has 1 atom stereocenters. The van der Waals surface area contributed by atoms with Gasteiger partial charge in [0.05, 0.1) is 16.1 Å². The molecule has 29 heavy (non-hydrogen) atoms. The van der Waals surface area contributed by atoms with Gasteiger partial charge in [-0.25, -0.2) is 4.39 Å². The first-order valence-corrected chi connectivity index (χ1v) is 11.5. The second-order valence-electron chi connectivity index (χ2n) is 8.68. The number of allylic oxidation sites excluding steroid dienone is 1. The van der Waals surface area contributed by atoms with Gasteiger partial charge in [-0.05, 0) is 65.8 Å². The van der Waals surface area contributed by atoms with Crippen molar-refractivity contribution in [2.45, 2.75) is 56.0 Å². The monoisotopic (exact) mass is 439 g/mol. The Balaban J connectivity index is 1.89. The number of rotatable bonds is 6. The van der Waals surface area contributed by atoms with Crippen LogP contribution in [0, 0.1) is 0 Å². The zero-order valence-corrected chi connectivity index (χ0v) is 20.1. The standard InChI is InChI=1S/C21H34FN5S2/c1-7-15(22)18(24-23-4)20(2,3)26(6)19-16(28)13-17(29-19)27-12-10-21(27)9-8-11-25(5)14-21/h7,13,23,28H,8-12,14H2,1-6H3/b15-7+,24-18-. The summed E-state index contributed by atoms with van der Waals surface area (Å²) in [4.78, 5) is 8.02. The SMILES string of the molecule is C/C=C(F)\C(=N\NC)C(C)(C)N(C)c1sc(N2CCC23CCCN(C)C3)cc1S. The van der Waals surface area contributed by atoms with Gasteiger partial charge in [0.1, 0.15) is 16.5 Å². The van der Waals surface area contributed by atoms with E-state index in [2.05, 4.69) is 38.3 Å². The third kappa shape index (κ3) is 4.03. The number of hydrazone groups is 1. The maximum atomic E-state index is 14.6. The summed E-state index contributed by atoms with van der Waals surface area (Å²) in [5.74, 6) is -0.319. The molecule has 1 spiro atoms. The number of piperidine rings is 1. The minimum atomic E-state index is -0.642. The Morgan fingerprint density at radius 1 is 1.41 bits per heavy atom.